The molecule has 1 aliphatic heterocycles. The van der Waals surface area contributed by atoms with Crippen molar-refractivity contribution in [3.05, 3.63) is 59.7 Å². The van der Waals surface area contributed by atoms with Gasteiger partial charge in [-0.15, -0.1) is 0 Å². The quantitative estimate of drug-likeness (QED) is 0.729. The molecule has 1 aliphatic carbocycles. The summed E-state index contributed by atoms with van der Waals surface area (Å²) in [5, 5.41) is 3.10. The number of benzene rings is 2. The minimum Gasteiger partial charge on any atom is -0.351 e. The Hall–Kier alpha value is -2.71. The molecule has 2 aliphatic rings. The summed E-state index contributed by atoms with van der Waals surface area (Å²) in [4.78, 5) is 28.8. The van der Waals surface area contributed by atoms with Gasteiger partial charge in [0.15, 0.2) is 0 Å². The van der Waals surface area contributed by atoms with Crippen molar-refractivity contribution in [3.8, 4) is 0 Å². The molecule has 1 saturated heterocycles. The molecule has 2 aromatic rings. The van der Waals surface area contributed by atoms with Gasteiger partial charge in [-0.05, 0) is 57.4 Å². The van der Waals surface area contributed by atoms with E-state index in [2.05, 4.69) is 5.32 Å². The first-order chi connectivity index (χ1) is 15.6. The molecule has 4 rings (SSSR count). The third kappa shape index (κ3) is 4.42. The van der Waals surface area contributed by atoms with Crippen molar-refractivity contribution in [2.24, 2.45) is 0 Å². The number of hydrogen-bond donors (Lipinski definition) is 1. The molecule has 2 aromatic carbocycles. The Kier molecular flexibility index (Phi) is 6.33. The van der Waals surface area contributed by atoms with Crippen molar-refractivity contribution in [2.75, 3.05) is 18.0 Å². The van der Waals surface area contributed by atoms with E-state index in [-0.39, 0.29) is 29.9 Å². The molecule has 0 radical (unpaired) electrons. The average molecular weight is 470 g/mol. The van der Waals surface area contributed by atoms with Crippen LogP contribution < -0.4 is 10.2 Å². The summed E-state index contributed by atoms with van der Waals surface area (Å²) in [6.45, 7) is 5.09. The lowest BCUT2D eigenvalue weighted by Gasteiger charge is -2.47. The van der Waals surface area contributed by atoms with Crippen LogP contribution in [0.15, 0.2) is 53.4 Å². The normalized spacial score (nSPS) is 22.5. The number of anilines is 1. The van der Waals surface area contributed by atoms with E-state index in [1.807, 2.05) is 32.0 Å². The molecular weight excluding hydrogens is 438 g/mol. The lowest BCUT2D eigenvalue weighted by atomic mass is 9.93. The van der Waals surface area contributed by atoms with E-state index in [0.717, 1.165) is 41.1 Å². The van der Waals surface area contributed by atoms with Crippen LogP contribution in [0.5, 0.6) is 0 Å². The Morgan fingerprint density at radius 1 is 1.06 bits per heavy atom. The Balaban J connectivity index is 1.76. The molecular formula is C25H31N3O4S. The number of carbonyl (C=O) groups is 2. The largest absolute Gasteiger partial charge is 0.351 e. The summed E-state index contributed by atoms with van der Waals surface area (Å²) >= 11 is 0. The van der Waals surface area contributed by atoms with Crippen LogP contribution in [0, 0.1) is 13.8 Å². The second-order valence-electron chi connectivity index (χ2n) is 9.33. The number of nitrogens with one attached hydrogen (secondary N) is 1. The Bertz CT molecular complexity index is 1160. The minimum absolute atomic E-state index is 0.0477. The van der Waals surface area contributed by atoms with Gasteiger partial charge < -0.3 is 5.32 Å². The van der Waals surface area contributed by atoms with Crippen LogP contribution in [0.25, 0.3) is 0 Å². The third-order valence-electron chi connectivity index (χ3n) is 6.69. The van der Waals surface area contributed by atoms with Crippen molar-refractivity contribution in [1.29, 1.82) is 0 Å². The van der Waals surface area contributed by atoms with Crippen molar-refractivity contribution < 1.29 is 18.0 Å². The number of amides is 2. The fourth-order valence-corrected chi connectivity index (χ4v) is 6.42. The Morgan fingerprint density at radius 2 is 1.73 bits per heavy atom. The van der Waals surface area contributed by atoms with Gasteiger partial charge in [0.2, 0.25) is 21.8 Å². The van der Waals surface area contributed by atoms with E-state index >= 15 is 0 Å². The van der Waals surface area contributed by atoms with Crippen molar-refractivity contribution in [3.63, 3.8) is 0 Å². The maximum atomic E-state index is 13.7. The lowest BCUT2D eigenvalue weighted by Crippen LogP contribution is -2.70. The first-order valence-electron chi connectivity index (χ1n) is 11.4. The molecule has 2 amide bonds. The van der Waals surface area contributed by atoms with Gasteiger partial charge in [-0.1, -0.05) is 48.7 Å². The standard InChI is InChI=1S/C25H31N3O4S/c1-18-13-14-22(19(2)15-18)28-23(29)16-27(33(31,32)21-11-5-4-6-12-21)17-25(28,3)24(30)26-20-9-7-8-10-20/h4-6,11-15,20H,7-10,16-17H2,1-3H3,(H,26,30). The van der Waals surface area contributed by atoms with E-state index in [4.69, 9.17) is 0 Å². The molecule has 1 saturated carbocycles. The molecule has 0 aromatic heterocycles. The molecule has 8 heteroatoms. The molecule has 176 valence electrons. The second-order valence-corrected chi connectivity index (χ2v) is 11.3. The zero-order valence-electron chi connectivity index (χ0n) is 19.4. The molecule has 1 atom stereocenters. The first-order valence-corrected chi connectivity index (χ1v) is 12.8. The van der Waals surface area contributed by atoms with Crippen LogP contribution in [0.1, 0.15) is 43.7 Å². The summed E-state index contributed by atoms with van der Waals surface area (Å²) in [7, 11) is -3.94. The molecule has 1 unspecified atom stereocenters. The first kappa shape index (κ1) is 23.4. The van der Waals surface area contributed by atoms with Crippen molar-refractivity contribution in [2.45, 2.75) is 62.9 Å². The van der Waals surface area contributed by atoms with E-state index in [1.54, 1.807) is 25.1 Å². The summed E-state index contributed by atoms with van der Waals surface area (Å²) in [5.74, 6) is -0.743. The van der Waals surface area contributed by atoms with Crippen LogP contribution in [-0.4, -0.2) is 49.2 Å². The number of sulfonamides is 1. The number of nitrogens with zero attached hydrogens (tertiary/aromatic N) is 2. The van der Waals surface area contributed by atoms with Gasteiger partial charge in [0, 0.05) is 18.3 Å². The molecule has 33 heavy (non-hydrogen) atoms. The highest BCUT2D eigenvalue weighted by Gasteiger charge is 2.51. The Morgan fingerprint density at radius 3 is 2.36 bits per heavy atom. The van der Waals surface area contributed by atoms with Crippen molar-refractivity contribution in [1.82, 2.24) is 9.62 Å². The van der Waals surface area contributed by atoms with Crippen LogP contribution in [0.3, 0.4) is 0 Å². The average Bonchev–Trinajstić information content (AvgIpc) is 3.28. The van der Waals surface area contributed by atoms with Gasteiger partial charge in [-0.25, -0.2) is 8.42 Å². The van der Waals surface area contributed by atoms with Gasteiger partial charge in [0.05, 0.1) is 11.4 Å². The van der Waals surface area contributed by atoms with Gasteiger partial charge in [-0.3, -0.25) is 14.5 Å². The predicted molar refractivity (Wildman–Crippen MR) is 127 cm³/mol. The smallest absolute Gasteiger partial charge is 0.247 e. The maximum absolute atomic E-state index is 13.7. The van der Waals surface area contributed by atoms with Crippen LogP contribution in [-0.2, 0) is 19.6 Å². The van der Waals surface area contributed by atoms with E-state index < -0.39 is 21.5 Å². The topological polar surface area (TPSA) is 86.8 Å². The summed E-state index contributed by atoms with van der Waals surface area (Å²) in [6.07, 6.45) is 3.89. The number of hydrogen-bond acceptors (Lipinski definition) is 4. The summed E-state index contributed by atoms with van der Waals surface area (Å²) in [5.41, 5.74) is 1.15. The maximum Gasteiger partial charge on any atom is 0.247 e. The molecule has 0 bridgehead atoms. The highest BCUT2D eigenvalue weighted by atomic mass is 32.2. The Labute approximate surface area is 195 Å². The van der Waals surface area contributed by atoms with Gasteiger partial charge in [0.1, 0.15) is 5.54 Å². The molecule has 1 heterocycles. The van der Waals surface area contributed by atoms with Gasteiger partial charge in [-0.2, -0.15) is 4.31 Å². The summed E-state index contributed by atoms with van der Waals surface area (Å²) in [6, 6.07) is 13.8. The van der Waals surface area contributed by atoms with Crippen LogP contribution in [0.2, 0.25) is 0 Å². The molecule has 2 fully saturated rings. The highest BCUT2D eigenvalue weighted by Crippen LogP contribution is 2.34. The second kappa shape index (κ2) is 8.91. The minimum atomic E-state index is -3.94. The number of piperazine rings is 1. The van der Waals surface area contributed by atoms with E-state index in [0.29, 0.717) is 5.69 Å². The number of aryl methyl sites for hydroxylation is 2. The zero-order valence-corrected chi connectivity index (χ0v) is 20.2. The van der Waals surface area contributed by atoms with Crippen LogP contribution in [0.4, 0.5) is 5.69 Å². The zero-order chi connectivity index (χ0) is 23.8. The number of carbonyl (C=O) groups excluding carboxylic acids is 2. The lowest BCUT2D eigenvalue weighted by molar-refractivity contribution is -0.133. The highest BCUT2D eigenvalue weighted by molar-refractivity contribution is 7.89. The summed E-state index contributed by atoms with van der Waals surface area (Å²) < 4.78 is 27.9. The molecule has 1 N–H and O–H groups in total. The molecule has 7 nitrogen and oxygen atoms in total. The third-order valence-corrected chi connectivity index (χ3v) is 8.50. The fourth-order valence-electron chi connectivity index (χ4n) is 4.92. The predicted octanol–water partition coefficient (Wildman–Crippen LogP) is 3.16. The van der Waals surface area contributed by atoms with E-state index in [9.17, 15) is 18.0 Å². The monoisotopic (exact) mass is 469 g/mol. The van der Waals surface area contributed by atoms with Crippen LogP contribution >= 0.6 is 0 Å². The SMILES string of the molecule is Cc1ccc(N2C(=O)CN(S(=O)(=O)c3ccccc3)CC2(C)C(=O)NC2CCCC2)c(C)c1. The molecule has 0 spiro atoms. The van der Waals surface area contributed by atoms with Gasteiger partial charge in [0.25, 0.3) is 0 Å². The fraction of sp³-hybridized carbons (Fsp3) is 0.440. The van der Waals surface area contributed by atoms with Gasteiger partial charge >= 0.3 is 0 Å². The number of rotatable bonds is 5. The van der Waals surface area contributed by atoms with E-state index in [1.165, 1.54) is 17.0 Å². The van der Waals surface area contributed by atoms with Crippen molar-refractivity contribution >= 4 is 27.5 Å².